The molecular weight excluding hydrogens is 317 g/mol. The van der Waals surface area contributed by atoms with Gasteiger partial charge in [-0.25, -0.2) is 4.39 Å². The number of piperidine rings is 1. The molecule has 1 aromatic heterocycles. The van der Waals surface area contributed by atoms with Crippen LogP contribution in [-0.2, 0) is 0 Å². The predicted molar refractivity (Wildman–Crippen MR) is 95.3 cm³/mol. The van der Waals surface area contributed by atoms with Gasteiger partial charge in [0.15, 0.2) is 11.6 Å². The van der Waals surface area contributed by atoms with Gasteiger partial charge in [-0.2, -0.15) is 5.10 Å². The van der Waals surface area contributed by atoms with E-state index in [0.717, 1.165) is 30.8 Å². The van der Waals surface area contributed by atoms with E-state index in [2.05, 4.69) is 5.32 Å². The predicted octanol–water partition coefficient (Wildman–Crippen LogP) is 4.41. The van der Waals surface area contributed by atoms with E-state index in [1.807, 2.05) is 41.2 Å². The van der Waals surface area contributed by atoms with Crippen molar-refractivity contribution in [1.82, 2.24) is 15.1 Å². The molecule has 1 fully saturated rings. The highest BCUT2D eigenvalue weighted by Crippen LogP contribution is 2.27. The molecule has 2 aromatic carbocycles. The van der Waals surface area contributed by atoms with E-state index in [0.29, 0.717) is 11.8 Å². The van der Waals surface area contributed by atoms with Crippen LogP contribution >= 0.6 is 0 Å². The summed E-state index contributed by atoms with van der Waals surface area (Å²) in [4.78, 5) is 0. The molecule has 2 heterocycles. The Morgan fingerprint density at radius 3 is 2.68 bits per heavy atom. The van der Waals surface area contributed by atoms with E-state index >= 15 is 0 Å². The normalized spacial score (nSPS) is 17.4. The van der Waals surface area contributed by atoms with E-state index < -0.39 is 0 Å². The first kappa shape index (κ1) is 15.8. The van der Waals surface area contributed by atoms with Gasteiger partial charge in [0.25, 0.3) is 0 Å². The van der Waals surface area contributed by atoms with Gasteiger partial charge in [-0.3, -0.25) is 4.68 Å². The summed E-state index contributed by atoms with van der Waals surface area (Å²) in [6.45, 7) is 2.06. The van der Waals surface area contributed by atoms with Crippen molar-refractivity contribution in [3.63, 3.8) is 0 Å². The second kappa shape index (κ2) is 7.07. The number of para-hydroxylation sites is 1. The van der Waals surface area contributed by atoms with Crippen LogP contribution < -0.4 is 10.1 Å². The number of nitrogens with zero attached hydrogens (tertiary/aromatic N) is 2. The third kappa shape index (κ3) is 3.56. The highest BCUT2D eigenvalue weighted by Gasteiger charge is 2.16. The summed E-state index contributed by atoms with van der Waals surface area (Å²) in [6, 6.07) is 16.4. The Bertz CT molecular complexity index is 838. The molecule has 3 aromatic rings. The number of hydrogen-bond acceptors (Lipinski definition) is 3. The largest absolute Gasteiger partial charge is 0.454 e. The van der Waals surface area contributed by atoms with Gasteiger partial charge in [-0.15, -0.1) is 0 Å². The first-order chi connectivity index (χ1) is 12.3. The third-order valence-corrected chi connectivity index (χ3v) is 4.47. The maximum absolute atomic E-state index is 13.7. The Morgan fingerprint density at radius 1 is 1.08 bits per heavy atom. The van der Waals surface area contributed by atoms with Crippen molar-refractivity contribution in [1.29, 1.82) is 0 Å². The molecule has 0 bridgehead atoms. The maximum atomic E-state index is 13.7. The van der Waals surface area contributed by atoms with Gasteiger partial charge < -0.3 is 10.1 Å². The van der Waals surface area contributed by atoms with Crippen LogP contribution in [0.15, 0.2) is 60.8 Å². The van der Waals surface area contributed by atoms with Crippen LogP contribution in [0.1, 0.15) is 18.9 Å². The number of hydrogen-bond donors (Lipinski definition) is 1. The molecule has 1 aliphatic heterocycles. The minimum Gasteiger partial charge on any atom is -0.454 e. The van der Waals surface area contributed by atoms with E-state index in [1.165, 1.54) is 12.5 Å². The molecule has 25 heavy (non-hydrogen) atoms. The number of aromatic nitrogens is 2. The first-order valence-electron chi connectivity index (χ1n) is 8.58. The third-order valence-electron chi connectivity index (χ3n) is 4.47. The molecule has 1 saturated heterocycles. The SMILES string of the molecule is Fc1ccccc1Oc1ccc(-c2ccn([C@@H]3CCCNC3)n2)cc1. The standard InChI is InChI=1S/C20H20FN3O/c21-18-5-1-2-6-20(18)25-17-9-7-15(8-10-17)19-11-13-24(23-19)16-4-3-12-22-14-16/h1-2,5-11,13,16,22H,3-4,12,14H2/t16-/m1/s1. The molecule has 0 radical (unpaired) electrons. The smallest absolute Gasteiger partial charge is 0.165 e. The molecule has 4 rings (SSSR count). The van der Waals surface area contributed by atoms with Crippen LogP contribution in [0, 0.1) is 5.82 Å². The first-order valence-corrected chi connectivity index (χ1v) is 8.58. The fraction of sp³-hybridized carbons (Fsp3) is 0.250. The van der Waals surface area contributed by atoms with Gasteiger partial charge in [0, 0.05) is 18.3 Å². The van der Waals surface area contributed by atoms with Crippen LogP contribution in [0.2, 0.25) is 0 Å². The number of rotatable bonds is 4. The number of benzene rings is 2. The molecule has 0 saturated carbocycles. The summed E-state index contributed by atoms with van der Waals surface area (Å²) in [5, 5.41) is 8.12. The average molecular weight is 337 g/mol. The zero-order valence-electron chi connectivity index (χ0n) is 13.9. The topological polar surface area (TPSA) is 39.1 Å². The minimum absolute atomic E-state index is 0.226. The lowest BCUT2D eigenvalue weighted by molar-refractivity contribution is 0.347. The van der Waals surface area contributed by atoms with Crippen molar-refractivity contribution in [3.8, 4) is 22.8 Å². The number of nitrogens with one attached hydrogen (secondary N) is 1. The van der Waals surface area contributed by atoms with Gasteiger partial charge in [0.1, 0.15) is 5.75 Å². The summed E-state index contributed by atoms with van der Waals surface area (Å²) in [5.74, 6) is 0.459. The Balaban J connectivity index is 1.48. The number of halogens is 1. The Labute approximate surface area is 146 Å². The van der Waals surface area contributed by atoms with Crippen LogP contribution in [0.5, 0.6) is 11.5 Å². The molecule has 5 heteroatoms. The van der Waals surface area contributed by atoms with Crippen LogP contribution in [-0.4, -0.2) is 22.9 Å². The number of ether oxygens (including phenoxy) is 1. The van der Waals surface area contributed by atoms with Gasteiger partial charge in [0.2, 0.25) is 0 Å². The highest BCUT2D eigenvalue weighted by atomic mass is 19.1. The van der Waals surface area contributed by atoms with Crippen molar-refractivity contribution in [2.24, 2.45) is 0 Å². The van der Waals surface area contributed by atoms with Crippen LogP contribution in [0.3, 0.4) is 0 Å². The summed E-state index contributed by atoms with van der Waals surface area (Å²) >= 11 is 0. The fourth-order valence-corrected chi connectivity index (χ4v) is 3.10. The summed E-state index contributed by atoms with van der Waals surface area (Å²) in [6.07, 6.45) is 4.38. The van der Waals surface area contributed by atoms with Gasteiger partial charge in [0.05, 0.1) is 11.7 Å². The monoisotopic (exact) mass is 337 g/mol. The quantitative estimate of drug-likeness (QED) is 0.767. The van der Waals surface area contributed by atoms with E-state index in [1.54, 1.807) is 18.2 Å². The van der Waals surface area contributed by atoms with Gasteiger partial charge in [-0.05, 0) is 61.9 Å². The molecular formula is C20H20FN3O. The Hall–Kier alpha value is -2.66. The Morgan fingerprint density at radius 2 is 1.92 bits per heavy atom. The van der Waals surface area contributed by atoms with E-state index in [4.69, 9.17) is 9.84 Å². The highest BCUT2D eigenvalue weighted by molar-refractivity contribution is 5.59. The molecule has 0 unspecified atom stereocenters. The lowest BCUT2D eigenvalue weighted by atomic mass is 10.1. The zero-order valence-corrected chi connectivity index (χ0v) is 13.9. The summed E-state index contributed by atoms with van der Waals surface area (Å²) in [7, 11) is 0. The van der Waals surface area contributed by atoms with Crippen LogP contribution in [0.4, 0.5) is 4.39 Å². The maximum Gasteiger partial charge on any atom is 0.165 e. The molecule has 1 N–H and O–H groups in total. The lowest BCUT2D eigenvalue weighted by Gasteiger charge is -2.22. The van der Waals surface area contributed by atoms with E-state index in [9.17, 15) is 4.39 Å². The minimum atomic E-state index is -0.369. The molecule has 4 nitrogen and oxygen atoms in total. The van der Waals surface area contributed by atoms with Crippen molar-refractivity contribution in [2.45, 2.75) is 18.9 Å². The van der Waals surface area contributed by atoms with Gasteiger partial charge >= 0.3 is 0 Å². The molecule has 0 spiro atoms. The van der Waals surface area contributed by atoms with Crippen molar-refractivity contribution >= 4 is 0 Å². The van der Waals surface area contributed by atoms with Gasteiger partial charge in [-0.1, -0.05) is 12.1 Å². The molecule has 1 aliphatic rings. The second-order valence-corrected chi connectivity index (χ2v) is 6.24. The summed E-state index contributed by atoms with van der Waals surface area (Å²) < 4.78 is 21.3. The molecule has 0 amide bonds. The summed E-state index contributed by atoms with van der Waals surface area (Å²) in [5.41, 5.74) is 1.95. The fourth-order valence-electron chi connectivity index (χ4n) is 3.10. The molecule has 1 atom stereocenters. The van der Waals surface area contributed by atoms with Crippen molar-refractivity contribution < 1.29 is 9.13 Å². The van der Waals surface area contributed by atoms with Crippen LogP contribution in [0.25, 0.3) is 11.3 Å². The van der Waals surface area contributed by atoms with E-state index in [-0.39, 0.29) is 11.6 Å². The molecule has 128 valence electrons. The zero-order chi connectivity index (χ0) is 17.1. The van der Waals surface area contributed by atoms with Crippen molar-refractivity contribution in [3.05, 3.63) is 66.6 Å². The lowest BCUT2D eigenvalue weighted by Crippen LogP contribution is -2.31. The van der Waals surface area contributed by atoms with Crippen molar-refractivity contribution in [2.75, 3.05) is 13.1 Å². The average Bonchev–Trinajstić information content (AvgIpc) is 3.15. The second-order valence-electron chi connectivity index (χ2n) is 6.24. The Kier molecular flexibility index (Phi) is 4.48. The molecule has 0 aliphatic carbocycles.